The van der Waals surface area contributed by atoms with E-state index in [-0.39, 0.29) is 10.7 Å². The van der Waals surface area contributed by atoms with E-state index in [2.05, 4.69) is 0 Å². The lowest BCUT2D eigenvalue weighted by Gasteiger charge is -1.98. The lowest BCUT2D eigenvalue weighted by atomic mass is 10.3. The van der Waals surface area contributed by atoms with Gasteiger partial charge in [0.05, 0.1) is 10.7 Å². The summed E-state index contributed by atoms with van der Waals surface area (Å²) in [6.07, 6.45) is 0. The van der Waals surface area contributed by atoms with Crippen molar-refractivity contribution in [2.75, 3.05) is 5.73 Å². The minimum Gasteiger partial charge on any atom is -0.395 e. The number of benzene rings is 1. The maximum Gasteiger partial charge on any atom is 0.183 e. The maximum atomic E-state index is 12.4. The van der Waals surface area contributed by atoms with Crippen LogP contribution in [0.5, 0.6) is 0 Å². The second-order valence-electron chi connectivity index (χ2n) is 1.76. The molecule has 0 aliphatic heterocycles. The minimum absolute atomic E-state index is 0.0268. The topological polar surface area (TPSA) is 26.0 Å². The Morgan fingerprint density at radius 1 is 1.30 bits per heavy atom. The quantitative estimate of drug-likeness (QED) is 0.461. The van der Waals surface area contributed by atoms with E-state index >= 15 is 0 Å². The van der Waals surface area contributed by atoms with Crippen LogP contribution in [0.1, 0.15) is 0 Å². The van der Waals surface area contributed by atoms with Gasteiger partial charge in [0.1, 0.15) is 0 Å². The molecule has 1 rings (SSSR count). The Kier molecular flexibility index (Phi) is 1.76. The van der Waals surface area contributed by atoms with Gasteiger partial charge in [-0.15, -0.1) is 0 Å². The molecule has 0 radical (unpaired) electrons. The van der Waals surface area contributed by atoms with Crippen LogP contribution in [-0.4, -0.2) is 0 Å². The van der Waals surface area contributed by atoms with Crippen LogP contribution < -0.4 is 5.73 Å². The molecule has 1 aromatic carbocycles. The lowest BCUT2D eigenvalue weighted by molar-refractivity contribution is 0.512. The van der Waals surface area contributed by atoms with Crippen molar-refractivity contribution in [3.05, 3.63) is 28.8 Å². The molecule has 0 aliphatic rings. The minimum atomic E-state index is -1.09. The van der Waals surface area contributed by atoms with E-state index in [1.54, 1.807) is 0 Å². The number of nitrogen functional groups attached to an aromatic ring is 1. The van der Waals surface area contributed by atoms with Crippen LogP contribution in [0.25, 0.3) is 0 Å². The van der Waals surface area contributed by atoms with Gasteiger partial charge in [0.25, 0.3) is 0 Å². The molecule has 10 heavy (non-hydrogen) atoms. The Bertz CT molecular complexity index is 235. The predicted molar refractivity (Wildman–Crippen MR) is 35.8 cm³/mol. The highest BCUT2D eigenvalue weighted by Crippen LogP contribution is 2.22. The third kappa shape index (κ3) is 1.04. The van der Waals surface area contributed by atoms with E-state index < -0.39 is 11.6 Å². The number of nitrogens with two attached hydrogens (primary N) is 1. The Hall–Kier alpha value is -0.830. The number of hydrogen-bond acceptors (Lipinski definition) is 1. The van der Waals surface area contributed by atoms with Crippen LogP contribution in [0.15, 0.2) is 12.1 Å². The molecule has 0 fully saturated rings. The zero-order valence-corrected chi connectivity index (χ0v) is 5.62. The summed E-state index contributed by atoms with van der Waals surface area (Å²) in [7, 11) is 0. The summed E-state index contributed by atoms with van der Waals surface area (Å²) in [6, 6.07) is 2.13. The summed E-state index contributed by atoms with van der Waals surface area (Å²) >= 11 is 5.35. The molecule has 1 aromatic rings. The number of anilines is 1. The molecule has 0 bridgehead atoms. The zero-order valence-electron chi connectivity index (χ0n) is 4.87. The second-order valence-corrected chi connectivity index (χ2v) is 2.16. The first kappa shape index (κ1) is 7.28. The van der Waals surface area contributed by atoms with Gasteiger partial charge in [0, 0.05) is 0 Å². The first-order valence-electron chi connectivity index (χ1n) is 2.52. The summed E-state index contributed by atoms with van der Waals surface area (Å²) in [5.74, 6) is -2.07. The molecule has 4 heteroatoms. The first-order valence-corrected chi connectivity index (χ1v) is 2.89. The fourth-order valence-electron chi connectivity index (χ4n) is 0.543. The summed E-state index contributed by atoms with van der Waals surface area (Å²) < 4.78 is 24.7. The van der Waals surface area contributed by atoms with Crippen LogP contribution in [-0.2, 0) is 0 Å². The molecule has 0 atom stereocenters. The van der Waals surface area contributed by atoms with Gasteiger partial charge >= 0.3 is 0 Å². The van der Waals surface area contributed by atoms with E-state index in [0.717, 1.165) is 6.07 Å². The van der Waals surface area contributed by atoms with Crippen LogP contribution in [0.3, 0.4) is 0 Å². The average molecular weight is 164 g/mol. The monoisotopic (exact) mass is 163 g/mol. The standard InChI is InChI=1S/C6H4ClF2N/c7-3-1-2-4(8)5(9)6(3)10/h1-2H,10H2. The molecule has 0 unspecified atom stereocenters. The fourth-order valence-corrected chi connectivity index (χ4v) is 0.689. The molecule has 2 N–H and O–H groups in total. The smallest absolute Gasteiger partial charge is 0.183 e. The Balaban J connectivity index is 3.34. The molecule has 0 aromatic heterocycles. The second kappa shape index (κ2) is 2.42. The largest absolute Gasteiger partial charge is 0.395 e. The van der Waals surface area contributed by atoms with Crippen molar-refractivity contribution < 1.29 is 8.78 Å². The third-order valence-corrected chi connectivity index (χ3v) is 1.41. The molecular weight excluding hydrogens is 160 g/mol. The van der Waals surface area contributed by atoms with E-state index in [4.69, 9.17) is 17.3 Å². The van der Waals surface area contributed by atoms with Crippen LogP contribution in [0.2, 0.25) is 5.02 Å². The van der Waals surface area contributed by atoms with E-state index in [1.165, 1.54) is 6.07 Å². The van der Waals surface area contributed by atoms with Crippen molar-refractivity contribution in [3.63, 3.8) is 0 Å². The van der Waals surface area contributed by atoms with Crippen molar-refractivity contribution in [1.29, 1.82) is 0 Å². The van der Waals surface area contributed by atoms with Crippen LogP contribution in [0, 0.1) is 11.6 Å². The SMILES string of the molecule is Nc1c(Cl)ccc(F)c1F. The number of halogens is 3. The highest BCUT2D eigenvalue weighted by Gasteiger charge is 2.07. The molecule has 0 saturated heterocycles. The molecule has 0 saturated carbocycles. The van der Waals surface area contributed by atoms with Crippen molar-refractivity contribution in [2.45, 2.75) is 0 Å². The summed E-state index contributed by atoms with van der Waals surface area (Å²) in [6.45, 7) is 0. The molecule has 0 amide bonds. The normalized spacial score (nSPS) is 9.90. The van der Waals surface area contributed by atoms with Gasteiger partial charge in [-0.25, -0.2) is 8.78 Å². The van der Waals surface area contributed by atoms with Crippen molar-refractivity contribution in [2.24, 2.45) is 0 Å². The Morgan fingerprint density at radius 3 is 2.40 bits per heavy atom. The van der Waals surface area contributed by atoms with Crippen molar-refractivity contribution >= 4 is 17.3 Å². The van der Waals surface area contributed by atoms with E-state index in [1.807, 2.05) is 0 Å². The average Bonchev–Trinajstić information content (AvgIpc) is 1.93. The van der Waals surface area contributed by atoms with Crippen molar-refractivity contribution in [3.8, 4) is 0 Å². The van der Waals surface area contributed by atoms with Gasteiger partial charge < -0.3 is 5.73 Å². The molecule has 0 aliphatic carbocycles. The summed E-state index contributed by atoms with van der Waals surface area (Å²) in [5, 5.41) is 0.0268. The Morgan fingerprint density at radius 2 is 1.90 bits per heavy atom. The highest BCUT2D eigenvalue weighted by molar-refractivity contribution is 6.33. The number of rotatable bonds is 0. The molecular formula is C6H4ClF2N. The van der Waals surface area contributed by atoms with Crippen LogP contribution >= 0.6 is 11.6 Å². The van der Waals surface area contributed by atoms with Gasteiger partial charge in [-0.05, 0) is 12.1 Å². The molecule has 54 valence electrons. The van der Waals surface area contributed by atoms with Gasteiger partial charge in [0.15, 0.2) is 11.6 Å². The zero-order chi connectivity index (χ0) is 7.72. The molecule has 0 heterocycles. The maximum absolute atomic E-state index is 12.4. The Labute approximate surface area is 61.4 Å². The van der Waals surface area contributed by atoms with Gasteiger partial charge in [0.2, 0.25) is 0 Å². The third-order valence-electron chi connectivity index (χ3n) is 1.08. The van der Waals surface area contributed by atoms with Gasteiger partial charge in [-0.3, -0.25) is 0 Å². The summed E-state index contributed by atoms with van der Waals surface area (Å²) in [4.78, 5) is 0. The highest BCUT2D eigenvalue weighted by atomic mass is 35.5. The summed E-state index contributed by atoms with van der Waals surface area (Å²) in [5.41, 5.74) is 4.69. The van der Waals surface area contributed by atoms with E-state index in [0.29, 0.717) is 0 Å². The molecule has 1 nitrogen and oxygen atoms in total. The lowest BCUT2D eigenvalue weighted by Crippen LogP contribution is -1.94. The van der Waals surface area contributed by atoms with Crippen LogP contribution in [0.4, 0.5) is 14.5 Å². The predicted octanol–water partition coefficient (Wildman–Crippen LogP) is 2.20. The number of hydrogen-bond donors (Lipinski definition) is 1. The van der Waals surface area contributed by atoms with Gasteiger partial charge in [-0.2, -0.15) is 0 Å². The van der Waals surface area contributed by atoms with Crippen molar-refractivity contribution in [1.82, 2.24) is 0 Å². The fraction of sp³-hybridized carbons (Fsp3) is 0. The molecule has 0 spiro atoms. The van der Waals surface area contributed by atoms with E-state index in [9.17, 15) is 8.78 Å². The first-order chi connectivity index (χ1) is 4.63. The van der Waals surface area contributed by atoms with Gasteiger partial charge in [-0.1, -0.05) is 11.6 Å².